The third kappa shape index (κ3) is 105. The maximum atomic E-state index is 9.43. The number of carboxylic acids is 4. The second-order valence-corrected chi connectivity index (χ2v) is 3.61. The van der Waals surface area contributed by atoms with Crippen LogP contribution < -0.4 is 160 Å². The van der Waals surface area contributed by atoms with Gasteiger partial charge in [0.15, 0.2) is 0 Å². The van der Waals surface area contributed by atoms with Crippen molar-refractivity contribution < 1.29 is 158 Å². The molecule has 0 aromatic heterocycles. The largest absolute Gasteiger partial charge is 1.00 e. The molecule has 0 heterocycles. The maximum Gasteiger partial charge on any atom is 1.00 e. The van der Waals surface area contributed by atoms with Gasteiger partial charge in [0.1, 0.15) is 0 Å². The van der Waals surface area contributed by atoms with E-state index in [-0.39, 0.29) is 144 Å². The van der Waals surface area contributed by atoms with Gasteiger partial charge < -0.3 is 60.9 Å². The van der Waals surface area contributed by atoms with E-state index in [4.69, 9.17) is 0 Å². The molecular weight excluding hydrogens is 420 g/mol. The summed E-state index contributed by atoms with van der Waals surface area (Å²) in [6, 6.07) is 0. The third-order valence-corrected chi connectivity index (χ3v) is 1.28. The van der Waals surface area contributed by atoms with E-state index in [1.165, 1.54) is 0 Å². The van der Waals surface area contributed by atoms with Crippen molar-refractivity contribution in [2.45, 2.75) is 0 Å². The van der Waals surface area contributed by atoms with E-state index in [1.54, 1.807) is 28.2 Å². The van der Waals surface area contributed by atoms with Crippen molar-refractivity contribution >= 4 is 23.9 Å². The topological polar surface area (TPSA) is 209 Å². The Morgan fingerprint density at radius 2 is 0.571 bits per heavy atom. The molecule has 0 aromatic rings. The van der Waals surface area contributed by atoms with Crippen LogP contribution in [0.15, 0.2) is 0 Å². The molecule has 0 amide bonds. The van der Waals surface area contributed by atoms with Crippen molar-refractivity contribution in [2.24, 2.45) is 0 Å². The van der Waals surface area contributed by atoms with Crippen molar-refractivity contribution in [1.29, 1.82) is 0 Å². The minimum absolute atomic E-state index is 0. The molecule has 0 bridgehead atoms. The molecule has 4 N–H and O–H groups in total. The van der Waals surface area contributed by atoms with Crippen LogP contribution in [0.1, 0.15) is 0 Å². The molecule has 0 saturated heterocycles. The molecule has 0 atom stereocenters. The van der Waals surface area contributed by atoms with Gasteiger partial charge in [-0.25, -0.2) is 0 Å². The number of aliphatic carboxylic acids is 4. The van der Waals surface area contributed by atoms with Gasteiger partial charge in [-0.1, -0.05) is 0 Å². The standard InChI is InChI=1S/4C3H7NO2.4Na/c4*1-4-2-3(5)6;;;;/h4*4H,2H2,1H3,(H,5,6);;;;/q;;;;4*+1/p-4. The van der Waals surface area contributed by atoms with E-state index < -0.39 is 23.9 Å². The van der Waals surface area contributed by atoms with Crippen LogP contribution in [0.5, 0.6) is 0 Å². The predicted molar refractivity (Wildman–Crippen MR) is 75.7 cm³/mol. The molecule has 28 heavy (non-hydrogen) atoms. The molecule has 0 spiro atoms. The number of hydrogen-bond acceptors (Lipinski definition) is 12. The number of carbonyl (C=O) groups is 4. The first-order valence-corrected chi connectivity index (χ1v) is 6.46. The third-order valence-electron chi connectivity index (χ3n) is 1.28. The fraction of sp³-hybridized carbons (Fsp3) is 0.667. The van der Waals surface area contributed by atoms with Crippen LogP contribution in [0.25, 0.3) is 0 Å². The summed E-state index contributed by atoms with van der Waals surface area (Å²) in [7, 11) is 6.21. The second-order valence-electron chi connectivity index (χ2n) is 3.61. The molecule has 0 fully saturated rings. The van der Waals surface area contributed by atoms with Crippen LogP contribution in [0.3, 0.4) is 0 Å². The molecular formula is C12H24N4Na4O8. The molecule has 16 heteroatoms. The van der Waals surface area contributed by atoms with Crippen LogP contribution in [0, 0.1) is 0 Å². The van der Waals surface area contributed by atoms with Gasteiger partial charge in [-0.2, -0.15) is 0 Å². The molecule has 0 aromatic carbocycles. The first-order chi connectivity index (χ1) is 11.1. The average Bonchev–Trinajstić information content (AvgIpc) is 2.39. The molecule has 12 nitrogen and oxygen atoms in total. The molecule has 0 aliphatic heterocycles. The number of likely N-dealkylation sites (N-methyl/N-ethyl adjacent to an activating group) is 4. The minimum Gasteiger partial charge on any atom is -0.549 e. The van der Waals surface area contributed by atoms with E-state index in [1.807, 2.05) is 0 Å². The van der Waals surface area contributed by atoms with Crippen LogP contribution in [-0.4, -0.2) is 78.2 Å². The van der Waals surface area contributed by atoms with Crippen molar-refractivity contribution in [3.05, 3.63) is 0 Å². The Bertz CT molecular complexity index is 292. The van der Waals surface area contributed by atoms with E-state index in [9.17, 15) is 39.6 Å². The first-order valence-electron chi connectivity index (χ1n) is 6.46. The second kappa shape index (κ2) is 46.8. The number of rotatable bonds is 8. The van der Waals surface area contributed by atoms with Gasteiger partial charge in [-0.05, 0) is 28.2 Å². The van der Waals surface area contributed by atoms with E-state index in [0.29, 0.717) is 0 Å². The number of hydrogen-bond donors (Lipinski definition) is 4. The number of carbonyl (C=O) groups excluding carboxylic acids is 4. The number of carboxylic acid groups (broad SMARTS) is 4. The number of nitrogens with one attached hydrogen (secondary N) is 4. The summed E-state index contributed by atoms with van der Waals surface area (Å²) in [4.78, 5) is 37.7. The molecule has 0 unspecified atom stereocenters. The Morgan fingerprint density at radius 1 is 0.464 bits per heavy atom. The molecule has 0 aliphatic rings. The normalized spacial score (nSPS) is 7.00. The summed E-state index contributed by atoms with van der Waals surface area (Å²) in [5.41, 5.74) is 0. The molecule has 0 rings (SSSR count). The smallest absolute Gasteiger partial charge is 0.549 e. The summed E-state index contributed by atoms with van der Waals surface area (Å²) in [6.07, 6.45) is 0. The zero-order valence-electron chi connectivity index (χ0n) is 18.1. The Hall–Kier alpha value is 1.72. The fourth-order valence-electron chi connectivity index (χ4n) is 0.577. The molecule has 144 valence electrons. The van der Waals surface area contributed by atoms with Gasteiger partial charge in [0.05, 0.1) is 23.9 Å². The summed E-state index contributed by atoms with van der Waals surface area (Å²) in [5, 5.41) is 47.3. The van der Waals surface area contributed by atoms with E-state index >= 15 is 0 Å². The zero-order valence-corrected chi connectivity index (χ0v) is 26.1. The SMILES string of the molecule is CNCC(=O)[O-].CNCC(=O)[O-].CNCC(=O)[O-].CNCC(=O)[O-].[Na+].[Na+].[Na+].[Na+]. The van der Waals surface area contributed by atoms with Crippen LogP contribution in [-0.2, 0) is 19.2 Å². The summed E-state index contributed by atoms with van der Waals surface area (Å²) in [6.45, 7) is -0.278. The van der Waals surface area contributed by atoms with Crippen molar-refractivity contribution in [1.82, 2.24) is 21.3 Å². The van der Waals surface area contributed by atoms with Crippen molar-refractivity contribution in [3.8, 4) is 0 Å². The van der Waals surface area contributed by atoms with E-state index in [2.05, 4.69) is 21.3 Å². The Kier molecular flexibility index (Phi) is 86.8. The van der Waals surface area contributed by atoms with Gasteiger partial charge in [-0.15, -0.1) is 0 Å². The van der Waals surface area contributed by atoms with Crippen LogP contribution >= 0.6 is 0 Å². The summed E-state index contributed by atoms with van der Waals surface area (Å²) in [5.74, 6) is -4.29. The Labute approximate surface area is 253 Å². The quantitative estimate of drug-likeness (QED) is 0.257. The predicted octanol–water partition coefficient (Wildman–Crippen LogP) is -20.2. The maximum absolute atomic E-state index is 9.43. The van der Waals surface area contributed by atoms with Gasteiger partial charge in [-0.3, -0.25) is 0 Å². The van der Waals surface area contributed by atoms with Gasteiger partial charge in [0, 0.05) is 26.2 Å². The van der Waals surface area contributed by atoms with Crippen molar-refractivity contribution in [3.63, 3.8) is 0 Å². The Morgan fingerprint density at radius 3 is 0.571 bits per heavy atom. The molecule has 0 aliphatic carbocycles. The van der Waals surface area contributed by atoms with Gasteiger partial charge in [0.2, 0.25) is 0 Å². The van der Waals surface area contributed by atoms with Crippen molar-refractivity contribution in [2.75, 3.05) is 54.4 Å². The van der Waals surface area contributed by atoms with Crippen LogP contribution in [0.2, 0.25) is 0 Å². The monoisotopic (exact) mass is 444 g/mol. The Balaban J connectivity index is -0.0000000303. The first kappa shape index (κ1) is 52.0. The van der Waals surface area contributed by atoms with Gasteiger partial charge in [0.25, 0.3) is 0 Å². The molecule has 0 radical (unpaired) electrons. The summed E-state index contributed by atoms with van der Waals surface area (Å²) >= 11 is 0. The minimum atomic E-state index is -1.07. The fourth-order valence-corrected chi connectivity index (χ4v) is 0.577. The molecule has 0 saturated carbocycles. The van der Waals surface area contributed by atoms with Gasteiger partial charge >= 0.3 is 118 Å². The van der Waals surface area contributed by atoms with E-state index in [0.717, 1.165) is 0 Å². The average molecular weight is 444 g/mol. The summed E-state index contributed by atoms with van der Waals surface area (Å²) < 4.78 is 0. The zero-order chi connectivity index (χ0) is 20.0. The van der Waals surface area contributed by atoms with Crippen LogP contribution in [0.4, 0.5) is 0 Å².